The van der Waals surface area contributed by atoms with Crippen LogP contribution in [0.1, 0.15) is 20.9 Å². The predicted molar refractivity (Wildman–Crippen MR) is 85.2 cm³/mol. The van der Waals surface area contributed by atoms with Crippen LogP contribution >= 0.6 is 22.9 Å². The van der Waals surface area contributed by atoms with Crippen molar-refractivity contribution in [3.05, 3.63) is 50.2 Å². The fourth-order valence-corrected chi connectivity index (χ4v) is 4.14. The van der Waals surface area contributed by atoms with Crippen molar-refractivity contribution < 1.29 is 13.5 Å². The summed E-state index contributed by atoms with van der Waals surface area (Å²) in [7, 11) is -3.62. The molecule has 1 aromatic heterocycles. The lowest BCUT2D eigenvalue weighted by Crippen LogP contribution is -2.23. The van der Waals surface area contributed by atoms with Crippen LogP contribution in [-0.4, -0.2) is 13.5 Å². The number of halogens is 1. The molecule has 2 aromatic rings. The maximum absolute atomic E-state index is 12.2. The SMILES string of the molecule is Cc1cc(CNS(=O)(=O)c2ccc(Cl)c(CO)c2)sc1C. The van der Waals surface area contributed by atoms with E-state index in [9.17, 15) is 8.42 Å². The summed E-state index contributed by atoms with van der Waals surface area (Å²) in [5.74, 6) is 0. The van der Waals surface area contributed by atoms with Gasteiger partial charge in [-0.2, -0.15) is 0 Å². The van der Waals surface area contributed by atoms with Gasteiger partial charge in [-0.05, 0) is 49.2 Å². The molecule has 0 atom stereocenters. The second-order valence-corrected chi connectivity index (χ2v) is 8.20. The minimum Gasteiger partial charge on any atom is -0.392 e. The molecule has 0 aliphatic carbocycles. The molecule has 0 bridgehead atoms. The normalized spacial score (nSPS) is 11.8. The number of aliphatic hydroxyl groups is 1. The molecule has 1 aromatic carbocycles. The van der Waals surface area contributed by atoms with Crippen molar-refractivity contribution in [1.82, 2.24) is 4.72 Å². The first-order valence-corrected chi connectivity index (χ1v) is 8.96. The van der Waals surface area contributed by atoms with Crippen molar-refractivity contribution >= 4 is 33.0 Å². The molecule has 2 rings (SSSR count). The first-order chi connectivity index (χ1) is 9.83. The van der Waals surface area contributed by atoms with E-state index in [0.29, 0.717) is 10.6 Å². The van der Waals surface area contributed by atoms with Crippen LogP contribution in [0.4, 0.5) is 0 Å². The van der Waals surface area contributed by atoms with E-state index in [-0.39, 0.29) is 18.0 Å². The van der Waals surface area contributed by atoms with Gasteiger partial charge in [-0.15, -0.1) is 11.3 Å². The Kier molecular flexibility index (Phi) is 5.06. The van der Waals surface area contributed by atoms with Gasteiger partial charge in [-0.25, -0.2) is 13.1 Å². The topological polar surface area (TPSA) is 66.4 Å². The van der Waals surface area contributed by atoms with Crippen molar-refractivity contribution in [2.24, 2.45) is 0 Å². The van der Waals surface area contributed by atoms with Gasteiger partial charge in [0.2, 0.25) is 10.0 Å². The van der Waals surface area contributed by atoms with E-state index >= 15 is 0 Å². The van der Waals surface area contributed by atoms with Gasteiger partial charge in [0.25, 0.3) is 0 Å². The van der Waals surface area contributed by atoms with Gasteiger partial charge in [0.1, 0.15) is 0 Å². The molecule has 0 aliphatic rings. The highest BCUT2D eigenvalue weighted by molar-refractivity contribution is 7.89. The molecular weight excluding hydrogens is 330 g/mol. The predicted octanol–water partition coefficient (Wildman–Crippen LogP) is 2.99. The van der Waals surface area contributed by atoms with Crippen molar-refractivity contribution in [3.63, 3.8) is 0 Å². The highest BCUT2D eigenvalue weighted by Crippen LogP contribution is 2.23. The quantitative estimate of drug-likeness (QED) is 0.875. The summed E-state index contributed by atoms with van der Waals surface area (Å²) in [6.07, 6.45) is 0. The lowest BCUT2D eigenvalue weighted by Gasteiger charge is -2.08. The molecule has 114 valence electrons. The standard InChI is InChI=1S/C14H16ClNO3S2/c1-9-5-12(20-10(9)2)7-16-21(18,19)13-3-4-14(15)11(6-13)8-17/h3-6,16-17H,7-8H2,1-2H3. The van der Waals surface area contributed by atoms with Crippen molar-refractivity contribution in [1.29, 1.82) is 0 Å². The van der Waals surface area contributed by atoms with Crippen LogP contribution in [0, 0.1) is 13.8 Å². The third-order valence-electron chi connectivity index (χ3n) is 3.15. The highest BCUT2D eigenvalue weighted by Gasteiger charge is 2.16. The van der Waals surface area contributed by atoms with Crippen LogP contribution in [0.3, 0.4) is 0 Å². The molecule has 0 unspecified atom stereocenters. The van der Waals surface area contributed by atoms with Gasteiger partial charge in [0.15, 0.2) is 0 Å². The van der Waals surface area contributed by atoms with E-state index in [4.69, 9.17) is 16.7 Å². The van der Waals surface area contributed by atoms with Crippen LogP contribution in [0.2, 0.25) is 5.02 Å². The van der Waals surface area contributed by atoms with Gasteiger partial charge in [0.05, 0.1) is 11.5 Å². The Morgan fingerprint density at radius 3 is 2.57 bits per heavy atom. The first-order valence-electron chi connectivity index (χ1n) is 6.28. The fraction of sp³-hybridized carbons (Fsp3) is 0.286. The number of hydrogen-bond acceptors (Lipinski definition) is 4. The lowest BCUT2D eigenvalue weighted by molar-refractivity contribution is 0.281. The Hall–Kier alpha value is -0.920. The molecule has 0 amide bonds. The maximum atomic E-state index is 12.2. The summed E-state index contributed by atoms with van der Waals surface area (Å²) in [6.45, 7) is 3.95. The molecule has 0 spiro atoms. The molecule has 0 aliphatic heterocycles. The van der Waals surface area contributed by atoms with Gasteiger partial charge in [-0.1, -0.05) is 11.6 Å². The van der Waals surface area contributed by atoms with Crippen LogP contribution < -0.4 is 4.72 Å². The van der Waals surface area contributed by atoms with Crippen LogP contribution in [0.15, 0.2) is 29.2 Å². The smallest absolute Gasteiger partial charge is 0.240 e. The second kappa shape index (κ2) is 6.46. The summed E-state index contributed by atoms with van der Waals surface area (Å²) in [5, 5.41) is 9.50. The third-order valence-corrected chi connectivity index (χ3v) is 6.07. The van der Waals surface area contributed by atoms with E-state index < -0.39 is 10.0 Å². The number of aryl methyl sites for hydroxylation is 2. The minimum atomic E-state index is -3.62. The molecule has 2 N–H and O–H groups in total. The Labute approximate surface area is 133 Å². The third kappa shape index (κ3) is 3.84. The Bertz CT molecular complexity index is 734. The number of thiophene rings is 1. The second-order valence-electron chi connectivity index (χ2n) is 4.69. The molecule has 21 heavy (non-hydrogen) atoms. The zero-order chi connectivity index (χ0) is 15.6. The van der Waals surface area contributed by atoms with E-state index in [1.165, 1.54) is 23.1 Å². The number of hydrogen-bond donors (Lipinski definition) is 2. The molecule has 0 saturated carbocycles. The van der Waals surface area contributed by atoms with E-state index in [0.717, 1.165) is 10.4 Å². The van der Waals surface area contributed by atoms with E-state index in [1.54, 1.807) is 11.3 Å². The number of sulfonamides is 1. The van der Waals surface area contributed by atoms with Gasteiger partial charge in [-0.3, -0.25) is 0 Å². The van der Waals surface area contributed by atoms with Crippen LogP contribution in [0.5, 0.6) is 0 Å². The van der Waals surface area contributed by atoms with Crippen molar-refractivity contribution in [3.8, 4) is 0 Å². The van der Waals surface area contributed by atoms with E-state index in [2.05, 4.69) is 4.72 Å². The van der Waals surface area contributed by atoms with Crippen molar-refractivity contribution in [2.75, 3.05) is 0 Å². The molecular formula is C14H16ClNO3S2. The summed E-state index contributed by atoms with van der Waals surface area (Å²) >= 11 is 7.44. The zero-order valence-electron chi connectivity index (χ0n) is 11.7. The Morgan fingerprint density at radius 1 is 1.29 bits per heavy atom. The summed E-state index contributed by atoms with van der Waals surface area (Å²) < 4.78 is 27.1. The number of rotatable bonds is 5. The summed E-state index contributed by atoms with van der Waals surface area (Å²) in [5.41, 5.74) is 1.55. The summed E-state index contributed by atoms with van der Waals surface area (Å²) in [6, 6.07) is 6.26. The molecule has 0 fully saturated rings. The lowest BCUT2D eigenvalue weighted by atomic mass is 10.2. The molecule has 1 heterocycles. The Balaban J connectivity index is 2.18. The molecule has 7 heteroatoms. The van der Waals surface area contributed by atoms with Gasteiger partial charge in [0, 0.05) is 21.3 Å². The maximum Gasteiger partial charge on any atom is 0.240 e. The Morgan fingerprint density at radius 2 is 2.00 bits per heavy atom. The zero-order valence-corrected chi connectivity index (χ0v) is 14.1. The monoisotopic (exact) mass is 345 g/mol. The minimum absolute atomic E-state index is 0.0981. The average molecular weight is 346 g/mol. The number of benzene rings is 1. The average Bonchev–Trinajstić information content (AvgIpc) is 2.76. The molecule has 4 nitrogen and oxygen atoms in total. The van der Waals surface area contributed by atoms with Crippen LogP contribution in [0.25, 0.3) is 0 Å². The van der Waals surface area contributed by atoms with Gasteiger partial charge >= 0.3 is 0 Å². The molecule has 0 saturated heterocycles. The summed E-state index contributed by atoms with van der Waals surface area (Å²) in [4.78, 5) is 2.24. The number of aliphatic hydroxyl groups excluding tert-OH is 1. The van der Waals surface area contributed by atoms with Gasteiger partial charge < -0.3 is 5.11 Å². The molecule has 0 radical (unpaired) electrons. The van der Waals surface area contributed by atoms with Crippen molar-refractivity contribution in [2.45, 2.75) is 31.9 Å². The fourth-order valence-electron chi connectivity index (χ4n) is 1.83. The number of nitrogens with one attached hydrogen (secondary N) is 1. The largest absolute Gasteiger partial charge is 0.392 e. The van der Waals surface area contributed by atoms with E-state index in [1.807, 2.05) is 19.9 Å². The first kappa shape index (κ1) is 16.5. The highest BCUT2D eigenvalue weighted by atomic mass is 35.5. The van der Waals surface area contributed by atoms with Crippen LogP contribution in [-0.2, 0) is 23.2 Å².